The number of ether oxygens (including phenoxy) is 2. The van der Waals surface area contributed by atoms with Gasteiger partial charge in [0, 0.05) is 41.2 Å². The van der Waals surface area contributed by atoms with Crippen molar-refractivity contribution in [2.75, 3.05) is 13.7 Å². The standard InChI is InChI=1S/C31H34ClIN4O4/c1-31(2,3)41-30(39)37(16-18-14-20(38)15-18)17-19-12-13-25(34-29(19)40-5)23-10-6-8-21(26(23)32)22-9-7-11-24-27(22)36(4)35-28(24)33/h6-13,18,20,38H,14-17H2,1-5H3/t18-,20+. The molecular formula is C31H34ClIN4O4. The Morgan fingerprint density at radius 1 is 1.12 bits per heavy atom. The van der Waals surface area contributed by atoms with E-state index < -0.39 is 11.7 Å². The Bertz CT molecular complexity index is 1590. The summed E-state index contributed by atoms with van der Waals surface area (Å²) in [6, 6.07) is 15.9. The van der Waals surface area contributed by atoms with E-state index in [1.54, 1.807) is 12.0 Å². The van der Waals surface area contributed by atoms with Crippen LogP contribution in [0.15, 0.2) is 48.5 Å². The first-order valence-electron chi connectivity index (χ1n) is 13.6. The maximum atomic E-state index is 13.1. The monoisotopic (exact) mass is 688 g/mol. The molecule has 0 atom stereocenters. The van der Waals surface area contributed by atoms with Crippen LogP contribution in [0.2, 0.25) is 5.02 Å². The number of methoxy groups -OCH3 is 1. The van der Waals surface area contributed by atoms with Gasteiger partial charge in [-0.05, 0) is 74.3 Å². The zero-order chi connectivity index (χ0) is 29.5. The third-order valence-corrected chi connectivity index (χ3v) is 8.42. The minimum Gasteiger partial charge on any atom is -0.481 e. The lowest BCUT2D eigenvalue weighted by atomic mass is 9.82. The molecule has 2 heterocycles. The number of aliphatic hydroxyl groups excluding tert-OH is 1. The second-order valence-electron chi connectivity index (χ2n) is 11.5. The molecule has 1 saturated carbocycles. The summed E-state index contributed by atoms with van der Waals surface area (Å²) >= 11 is 9.30. The second-order valence-corrected chi connectivity index (χ2v) is 12.9. The molecule has 1 N–H and O–H groups in total. The van der Waals surface area contributed by atoms with Crippen molar-refractivity contribution in [1.29, 1.82) is 0 Å². The van der Waals surface area contributed by atoms with E-state index in [1.807, 2.05) is 68.9 Å². The number of aryl methyl sites for hydroxylation is 1. The minimum atomic E-state index is -0.625. The highest BCUT2D eigenvalue weighted by atomic mass is 127. The van der Waals surface area contributed by atoms with Crippen LogP contribution in [0.4, 0.5) is 4.79 Å². The summed E-state index contributed by atoms with van der Waals surface area (Å²) < 4.78 is 14.2. The molecule has 1 aliphatic carbocycles. The van der Waals surface area contributed by atoms with Gasteiger partial charge in [-0.1, -0.05) is 48.0 Å². The lowest BCUT2D eigenvalue weighted by Gasteiger charge is -2.36. The molecule has 0 radical (unpaired) electrons. The highest BCUT2D eigenvalue weighted by molar-refractivity contribution is 14.1. The van der Waals surface area contributed by atoms with E-state index >= 15 is 0 Å². The van der Waals surface area contributed by atoms with Crippen molar-refractivity contribution in [1.82, 2.24) is 19.7 Å². The van der Waals surface area contributed by atoms with Gasteiger partial charge in [0.15, 0.2) is 0 Å². The number of fused-ring (bicyclic) bond motifs is 1. The van der Waals surface area contributed by atoms with Crippen molar-refractivity contribution in [2.24, 2.45) is 13.0 Å². The van der Waals surface area contributed by atoms with Crippen LogP contribution in [0.3, 0.4) is 0 Å². The van der Waals surface area contributed by atoms with Gasteiger partial charge >= 0.3 is 6.09 Å². The van der Waals surface area contributed by atoms with E-state index in [4.69, 9.17) is 26.1 Å². The molecule has 0 bridgehead atoms. The lowest BCUT2D eigenvalue weighted by Crippen LogP contribution is -2.43. The number of aromatic nitrogens is 3. The van der Waals surface area contributed by atoms with Crippen LogP contribution in [-0.2, 0) is 18.3 Å². The number of amides is 1. The Hall–Kier alpha value is -2.89. The Kier molecular flexibility index (Phi) is 8.50. The van der Waals surface area contributed by atoms with E-state index in [9.17, 15) is 9.90 Å². The van der Waals surface area contributed by atoms with Crippen molar-refractivity contribution in [3.8, 4) is 28.3 Å². The van der Waals surface area contributed by atoms with Crippen LogP contribution in [0, 0.1) is 9.62 Å². The SMILES string of the molecule is COc1nc(-c2cccc(-c3cccc4c(I)nn(C)c34)c2Cl)ccc1CN(C[C@H]1C[C@@H](O)C1)C(=O)OC(C)(C)C. The van der Waals surface area contributed by atoms with Crippen LogP contribution < -0.4 is 4.74 Å². The van der Waals surface area contributed by atoms with E-state index in [0.29, 0.717) is 36.0 Å². The van der Waals surface area contributed by atoms with Crippen LogP contribution >= 0.6 is 34.2 Å². The molecule has 4 aromatic rings. The summed E-state index contributed by atoms with van der Waals surface area (Å²) in [6.45, 7) is 6.30. The molecule has 0 saturated heterocycles. The number of halogens is 2. The zero-order valence-electron chi connectivity index (χ0n) is 23.8. The number of para-hydroxylation sites is 1. The van der Waals surface area contributed by atoms with Crippen LogP contribution in [0.1, 0.15) is 39.2 Å². The van der Waals surface area contributed by atoms with Gasteiger partial charge in [-0.15, -0.1) is 0 Å². The Morgan fingerprint density at radius 3 is 2.49 bits per heavy atom. The second kappa shape index (κ2) is 11.8. The number of benzene rings is 2. The summed E-state index contributed by atoms with van der Waals surface area (Å²) in [4.78, 5) is 19.6. The van der Waals surface area contributed by atoms with Gasteiger partial charge in [0.25, 0.3) is 0 Å². The number of aliphatic hydroxyl groups is 1. The number of carbonyl (C=O) groups is 1. The van der Waals surface area contributed by atoms with E-state index in [1.165, 1.54) is 0 Å². The predicted octanol–water partition coefficient (Wildman–Crippen LogP) is 7.08. The average Bonchev–Trinajstić information content (AvgIpc) is 3.20. The highest BCUT2D eigenvalue weighted by Gasteiger charge is 2.32. The predicted molar refractivity (Wildman–Crippen MR) is 169 cm³/mol. The lowest BCUT2D eigenvalue weighted by molar-refractivity contribution is -0.00238. The molecule has 5 rings (SSSR count). The third-order valence-electron chi connectivity index (χ3n) is 7.22. The molecule has 0 aliphatic heterocycles. The molecule has 2 aromatic carbocycles. The number of nitrogens with zero attached hydrogens (tertiary/aromatic N) is 4. The van der Waals surface area contributed by atoms with Gasteiger partial charge < -0.3 is 19.5 Å². The molecule has 0 spiro atoms. The Morgan fingerprint density at radius 2 is 1.80 bits per heavy atom. The van der Waals surface area contributed by atoms with E-state index in [-0.39, 0.29) is 18.6 Å². The van der Waals surface area contributed by atoms with Crippen molar-refractivity contribution < 1.29 is 19.4 Å². The molecule has 10 heteroatoms. The molecule has 1 amide bonds. The van der Waals surface area contributed by atoms with Crippen molar-refractivity contribution in [3.05, 3.63) is 62.8 Å². The fraction of sp³-hybridized carbons (Fsp3) is 0.387. The molecular weight excluding hydrogens is 655 g/mol. The van der Waals surface area contributed by atoms with Gasteiger partial charge in [0.2, 0.25) is 5.88 Å². The van der Waals surface area contributed by atoms with E-state index in [2.05, 4.69) is 39.8 Å². The number of carbonyl (C=O) groups excluding carboxylic acids is 1. The molecule has 41 heavy (non-hydrogen) atoms. The zero-order valence-corrected chi connectivity index (χ0v) is 26.7. The number of rotatable bonds is 7. The first kappa shape index (κ1) is 29.6. The fourth-order valence-corrected chi connectivity index (χ4v) is 6.35. The highest BCUT2D eigenvalue weighted by Crippen LogP contribution is 2.40. The minimum absolute atomic E-state index is 0.226. The number of pyridine rings is 1. The molecule has 2 aromatic heterocycles. The number of hydrogen-bond acceptors (Lipinski definition) is 6. The largest absolute Gasteiger partial charge is 0.481 e. The fourth-order valence-electron chi connectivity index (χ4n) is 5.26. The maximum Gasteiger partial charge on any atom is 0.410 e. The van der Waals surface area contributed by atoms with E-state index in [0.717, 1.165) is 36.9 Å². The molecule has 8 nitrogen and oxygen atoms in total. The topological polar surface area (TPSA) is 89.7 Å². The Labute approximate surface area is 258 Å². The maximum absolute atomic E-state index is 13.1. The normalized spacial score (nSPS) is 16.9. The van der Waals surface area contributed by atoms with Crippen molar-refractivity contribution in [2.45, 2.75) is 51.9 Å². The summed E-state index contributed by atoms with van der Waals surface area (Å²) in [6.07, 6.45) is 0.646. The quantitative estimate of drug-likeness (QED) is 0.209. The summed E-state index contributed by atoms with van der Waals surface area (Å²) in [5, 5.41) is 16.0. The van der Waals surface area contributed by atoms with Gasteiger partial charge in [-0.3, -0.25) is 4.68 Å². The number of hydrogen-bond donors (Lipinski definition) is 1. The molecule has 0 unspecified atom stereocenters. The van der Waals surface area contributed by atoms with Crippen molar-refractivity contribution >= 4 is 51.2 Å². The van der Waals surface area contributed by atoms with Crippen LogP contribution in [-0.4, -0.2) is 56.2 Å². The smallest absolute Gasteiger partial charge is 0.410 e. The molecule has 1 aliphatic rings. The van der Waals surface area contributed by atoms with Gasteiger partial charge in [-0.2, -0.15) is 5.10 Å². The summed E-state index contributed by atoms with van der Waals surface area (Å²) in [5.74, 6) is 0.638. The van der Waals surface area contributed by atoms with Gasteiger partial charge in [-0.25, -0.2) is 9.78 Å². The van der Waals surface area contributed by atoms with Gasteiger partial charge in [0.05, 0.1) is 36.0 Å². The van der Waals surface area contributed by atoms with Crippen LogP contribution in [0.25, 0.3) is 33.3 Å². The summed E-state index contributed by atoms with van der Waals surface area (Å²) in [5.41, 5.74) is 4.45. The van der Waals surface area contributed by atoms with Gasteiger partial charge in [0.1, 0.15) is 9.30 Å². The first-order chi connectivity index (χ1) is 19.4. The third kappa shape index (κ3) is 6.32. The summed E-state index contributed by atoms with van der Waals surface area (Å²) in [7, 11) is 3.50. The Balaban J connectivity index is 1.47. The molecule has 216 valence electrons. The first-order valence-corrected chi connectivity index (χ1v) is 15.0. The van der Waals surface area contributed by atoms with Crippen LogP contribution in [0.5, 0.6) is 5.88 Å². The van der Waals surface area contributed by atoms with Crippen molar-refractivity contribution in [3.63, 3.8) is 0 Å². The average molecular weight is 689 g/mol. The molecule has 1 fully saturated rings.